The number of rotatable bonds is 1. The Labute approximate surface area is 171 Å². The number of hydrogen-bond donors (Lipinski definition) is 2. The van der Waals surface area contributed by atoms with Crippen molar-refractivity contribution in [1.29, 1.82) is 0 Å². The van der Waals surface area contributed by atoms with E-state index in [0.717, 1.165) is 36.3 Å². The van der Waals surface area contributed by atoms with Crippen LogP contribution in [0.25, 0.3) is 20.7 Å². The predicted molar refractivity (Wildman–Crippen MR) is 101 cm³/mol. The summed E-state index contributed by atoms with van der Waals surface area (Å²) >= 11 is 1.73. The van der Waals surface area contributed by atoms with Crippen molar-refractivity contribution in [2.45, 2.75) is 37.9 Å². The number of pyridine rings is 1. The Hall–Kier alpha value is -1.10. The minimum absolute atomic E-state index is 0. The van der Waals surface area contributed by atoms with E-state index in [1.165, 1.54) is 10.1 Å². The van der Waals surface area contributed by atoms with E-state index in [1.807, 2.05) is 30.5 Å². The van der Waals surface area contributed by atoms with E-state index >= 15 is 0 Å². The minimum atomic E-state index is -0.206. The Morgan fingerprint density at radius 3 is 2.23 bits per heavy atom. The molecule has 3 aromatic rings. The van der Waals surface area contributed by atoms with Gasteiger partial charge in [0.05, 0.1) is 12.2 Å². The second-order valence-corrected chi connectivity index (χ2v) is 7.95. The third-order valence-corrected chi connectivity index (χ3v) is 6.44. The summed E-state index contributed by atoms with van der Waals surface area (Å²) in [7, 11) is 0. The third-order valence-electron chi connectivity index (χ3n) is 5.34. The first-order valence-corrected chi connectivity index (χ1v) is 9.72. The molecule has 5 heteroatoms. The molecule has 2 heterocycles. The van der Waals surface area contributed by atoms with E-state index in [1.54, 1.807) is 11.3 Å². The molecule has 1 aromatic carbocycles. The predicted octanol–water partition coefficient (Wildman–Crippen LogP) is 4.29. The van der Waals surface area contributed by atoms with Crippen molar-refractivity contribution in [3.8, 4) is 10.6 Å². The van der Waals surface area contributed by atoms with Crippen molar-refractivity contribution in [1.82, 2.24) is 4.98 Å². The van der Waals surface area contributed by atoms with Crippen LogP contribution in [0.3, 0.4) is 0 Å². The number of fused-ring (bicyclic) bond motifs is 2. The summed E-state index contributed by atoms with van der Waals surface area (Å²) < 4.78 is 1.26. The minimum Gasteiger partial charge on any atom is -0.393 e. The van der Waals surface area contributed by atoms with Crippen LogP contribution in [0, 0.1) is 17.9 Å². The van der Waals surface area contributed by atoms with Gasteiger partial charge in [-0.3, -0.25) is 0 Å². The van der Waals surface area contributed by atoms with Gasteiger partial charge in [0.1, 0.15) is 0 Å². The normalized spacial score (nSPS) is 26.7. The van der Waals surface area contributed by atoms with Crippen LogP contribution in [0.15, 0.2) is 48.7 Å². The standard InChI is InChI=1S/C13H8NS.C8H14O2.Ir/c1-2-7-12-10(5-1)9-13(15-12)11-6-3-4-8-14-11;9-6-3-1-5-2-4-7(10)8(5)6;/h1-8H;5-10H,1-4H2;/q-1;;. The van der Waals surface area contributed by atoms with Gasteiger partial charge < -0.3 is 15.2 Å². The zero-order valence-electron chi connectivity index (χ0n) is 14.3. The van der Waals surface area contributed by atoms with Gasteiger partial charge in [-0.2, -0.15) is 0 Å². The van der Waals surface area contributed by atoms with Gasteiger partial charge >= 0.3 is 0 Å². The molecule has 3 nitrogen and oxygen atoms in total. The van der Waals surface area contributed by atoms with Gasteiger partial charge in [-0.1, -0.05) is 24.3 Å². The summed E-state index contributed by atoms with van der Waals surface area (Å²) in [5, 5.41) is 20.0. The van der Waals surface area contributed by atoms with E-state index in [0.29, 0.717) is 5.92 Å². The zero-order chi connectivity index (χ0) is 17.2. The second-order valence-electron chi connectivity index (χ2n) is 6.89. The Morgan fingerprint density at radius 2 is 1.62 bits per heavy atom. The Bertz CT molecular complexity index is 791. The summed E-state index contributed by atoms with van der Waals surface area (Å²) in [5.41, 5.74) is 0.999. The molecule has 139 valence electrons. The molecular formula is C21H22IrNO2S-. The van der Waals surface area contributed by atoms with Gasteiger partial charge in [-0.25, -0.2) is 11.3 Å². The van der Waals surface area contributed by atoms with Gasteiger partial charge in [-0.05, 0) is 47.2 Å². The van der Waals surface area contributed by atoms with Crippen molar-refractivity contribution < 1.29 is 30.3 Å². The quantitative estimate of drug-likeness (QED) is 0.450. The fourth-order valence-electron chi connectivity index (χ4n) is 4.10. The molecule has 1 radical (unpaired) electrons. The molecule has 5 rings (SSSR count). The summed E-state index contributed by atoms with van der Waals surface area (Å²) in [6.07, 6.45) is 5.48. The molecular weight excluding hydrogens is 523 g/mol. The number of thiophene rings is 1. The second kappa shape index (κ2) is 8.73. The molecule has 2 N–H and O–H groups in total. The van der Waals surface area contributed by atoms with Crippen LogP contribution in [-0.2, 0) is 20.1 Å². The fourth-order valence-corrected chi connectivity index (χ4v) is 5.08. The molecule has 2 aliphatic rings. The van der Waals surface area contributed by atoms with E-state index in [4.69, 9.17) is 0 Å². The smallest absolute Gasteiger partial charge is 0.0595 e. The van der Waals surface area contributed by atoms with Crippen LogP contribution in [0.4, 0.5) is 0 Å². The van der Waals surface area contributed by atoms with Crippen LogP contribution in [-0.4, -0.2) is 27.4 Å². The SMILES string of the molecule is OC1CCC2CCC(O)C12.[Ir].[c-]1c(-c2ccccn2)sc2ccccc12. The maximum atomic E-state index is 9.41. The number of aliphatic hydroxyl groups excluding tert-OH is 2. The summed E-state index contributed by atoms with van der Waals surface area (Å²) in [5.74, 6) is 0.852. The molecule has 0 aliphatic heterocycles. The Morgan fingerprint density at radius 1 is 0.923 bits per heavy atom. The van der Waals surface area contributed by atoms with Gasteiger partial charge in [0, 0.05) is 37.9 Å². The van der Waals surface area contributed by atoms with Crippen LogP contribution in [0.1, 0.15) is 25.7 Å². The first-order valence-electron chi connectivity index (χ1n) is 8.91. The van der Waals surface area contributed by atoms with Gasteiger partial charge in [0.2, 0.25) is 0 Å². The van der Waals surface area contributed by atoms with E-state index < -0.39 is 0 Å². The van der Waals surface area contributed by atoms with E-state index in [-0.39, 0.29) is 38.2 Å². The number of benzene rings is 1. The molecule has 2 fully saturated rings. The van der Waals surface area contributed by atoms with Crippen LogP contribution in [0.2, 0.25) is 0 Å². The van der Waals surface area contributed by atoms with Crippen LogP contribution in [0.5, 0.6) is 0 Å². The van der Waals surface area contributed by atoms with Crippen molar-refractivity contribution in [2.24, 2.45) is 11.8 Å². The molecule has 2 saturated carbocycles. The zero-order valence-corrected chi connectivity index (χ0v) is 17.6. The molecule has 2 unspecified atom stereocenters. The van der Waals surface area contributed by atoms with Gasteiger partial charge in [-0.15, -0.1) is 23.6 Å². The van der Waals surface area contributed by atoms with Gasteiger partial charge in [0.25, 0.3) is 0 Å². The maximum Gasteiger partial charge on any atom is 0.0595 e. The molecule has 0 saturated heterocycles. The third kappa shape index (κ3) is 4.08. The monoisotopic (exact) mass is 545 g/mol. The molecule has 0 spiro atoms. The van der Waals surface area contributed by atoms with Crippen molar-refractivity contribution in [2.75, 3.05) is 0 Å². The number of aliphatic hydroxyl groups is 2. The van der Waals surface area contributed by atoms with Crippen LogP contribution < -0.4 is 0 Å². The largest absolute Gasteiger partial charge is 0.393 e. The van der Waals surface area contributed by atoms with Crippen molar-refractivity contribution >= 4 is 21.4 Å². The van der Waals surface area contributed by atoms with E-state index in [2.05, 4.69) is 29.2 Å². The van der Waals surface area contributed by atoms with Gasteiger partial charge in [0.15, 0.2) is 0 Å². The molecule has 2 aromatic heterocycles. The number of aromatic nitrogens is 1. The van der Waals surface area contributed by atoms with Crippen molar-refractivity contribution in [3.63, 3.8) is 0 Å². The summed E-state index contributed by atoms with van der Waals surface area (Å²) in [4.78, 5) is 5.43. The average molecular weight is 545 g/mol. The molecule has 0 amide bonds. The molecule has 26 heavy (non-hydrogen) atoms. The molecule has 0 bridgehead atoms. The summed E-state index contributed by atoms with van der Waals surface area (Å²) in [6, 6.07) is 17.6. The van der Waals surface area contributed by atoms with Crippen molar-refractivity contribution in [3.05, 3.63) is 54.7 Å². The van der Waals surface area contributed by atoms with E-state index in [9.17, 15) is 10.2 Å². The topological polar surface area (TPSA) is 53.4 Å². The first kappa shape index (κ1) is 19.7. The molecule has 2 atom stereocenters. The Kier molecular flexibility index (Phi) is 6.60. The Balaban J connectivity index is 0.000000156. The number of hydrogen-bond acceptors (Lipinski definition) is 4. The maximum absolute atomic E-state index is 9.41. The van der Waals surface area contributed by atoms with Crippen LogP contribution >= 0.6 is 11.3 Å². The molecule has 2 aliphatic carbocycles. The average Bonchev–Trinajstić information content (AvgIpc) is 3.34. The number of nitrogens with zero attached hydrogens (tertiary/aromatic N) is 1. The summed E-state index contributed by atoms with van der Waals surface area (Å²) in [6.45, 7) is 0. The first-order chi connectivity index (χ1) is 12.2. The fraction of sp³-hybridized carbons (Fsp3) is 0.381.